The Labute approximate surface area is 182 Å². The van der Waals surface area contributed by atoms with Gasteiger partial charge in [-0.15, -0.1) is 0 Å². The molecule has 2 N–H and O–H groups in total. The average Bonchev–Trinajstić information content (AvgIpc) is 2.69. The van der Waals surface area contributed by atoms with Crippen LogP contribution in [0, 0.1) is 0 Å². The van der Waals surface area contributed by atoms with E-state index in [4.69, 9.17) is 5.11 Å². The van der Waals surface area contributed by atoms with E-state index in [1.807, 2.05) is 12.1 Å². The summed E-state index contributed by atoms with van der Waals surface area (Å²) in [6.07, 6.45) is 0.768. The quantitative estimate of drug-likeness (QED) is 0.471. The molecule has 0 aromatic heterocycles. The molecule has 1 atom stereocenters. The first-order valence-electron chi connectivity index (χ1n) is 9.03. The molecule has 0 aliphatic rings. The van der Waals surface area contributed by atoms with Gasteiger partial charge < -0.3 is 15.3 Å². The van der Waals surface area contributed by atoms with Crippen LogP contribution in [0.4, 0.5) is 5.69 Å². The largest absolute Gasteiger partial charge is 0.480 e. The second-order valence-electron chi connectivity index (χ2n) is 6.44. The monoisotopic (exact) mass is 510 g/mol. The second-order valence-corrected chi connectivity index (χ2v) is 8.02. The molecule has 0 bridgehead atoms. The van der Waals surface area contributed by atoms with Crippen molar-refractivity contribution in [1.29, 1.82) is 0 Å². The molecule has 0 aliphatic carbocycles. The highest BCUT2D eigenvalue weighted by Crippen LogP contribution is 2.18. The van der Waals surface area contributed by atoms with E-state index >= 15 is 0 Å². The van der Waals surface area contributed by atoms with Crippen LogP contribution in [0.5, 0.6) is 0 Å². The lowest BCUT2D eigenvalue weighted by Gasteiger charge is -2.23. The van der Waals surface area contributed by atoms with Crippen LogP contribution in [0.25, 0.3) is 0 Å². The van der Waals surface area contributed by atoms with Gasteiger partial charge >= 0.3 is 5.97 Å². The summed E-state index contributed by atoms with van der Waals surface area (Å²) in [5.74, 6) is -1.44. The van der Waals surface area contributed by atoms with Crippen LogP contribution in [-0.2, 0) is 11.2 Å². The zero-order valence-electron chi connectivity index (χ0n) is 15.7. The lowest BCUT2D eigenvalue weighted by Crippen LogP contribution is -2.38. The lowest BCUT2D eigenvalue weighted by molar-refractivity contribution is -0.138. The number of hydrogen-bond donors (Lipinski definition) is 2. The van der Waals surface area contributed by atoms with Crippen LogP contribution in [0.1, 0.15) is 28.4 Å². The predicted molar refractivity (Wildman–Crippen MR) is 120 cm³/mol. The first kappa shape index (κ1) is 22.4. The summed E-state index contributed by atoms with van der Waals surface area (Å²) in [7, 11) is 0. The maximum Gasteiger partial charge on any atom is 0.325 e. The molecule has 0 radical (unpaired) electrons. The SMILES string of the molecule is C[C@H](NC(=O)c1ccc(Cc2ccc(N(CCBr)CCBr)cc2)cc1)C(=O)O. The molecule has 0 heterocycles. The van der Waals surface area contributed by atoms with E-state index < -0.39 is 12.0 Å². The Hall–Kier alpha value is -1.86. The summed E-state index contributed by atoms with van der Waals surface area (Å²) in [6, 6.07) is 14.8. The number of anilines is 1. The molecule has 0 aliphatic heterocycles. The number of amides is 1. The molecule has 7 heteroatoms. The van der Waals surface area contributed by atoms with Gasteiger partial charge in [0, 0.05) is 35.0 Å². The smallest absolute Gasteiger partial charge is 0.325 e. The van der Waals surface area contributed by atoms with Crippen molar-refractivity contribution >= 4 is 49.4 Å². The zero-order valence-corrected chi connectivity index (χ0v) is 18.9. The molecular weight excluding hydrogens is 488 g/mol. The summed E-state index contributed by atoms with van der Waals surface area (Å²) >= 11 is 6.99. The third-order valence-electron chi connectivity index (χ3n) is 4.35. The molecule has 0 spiro atoms. The summed E-state index contributed by atoms with van der Waals surface area (Å²) in [5, 5.41) is 13.2. The van der Waals surface area contributed by atoms with E-state index in [9.17, 15) is 9.59 Å². The molecule has 0 saturated heterocycles. The van der Waals surface area contributed by atoms with Crippen LogP contribution < -0.4 is 10.2 Å². The Kier molecular flexibility index (Phi) is 8.99. The molecule has 0 fully saturated rings. The van der Waals surface area contributed by atoms with Gasteiger partial charge in [0.2, 0.25) is 0 Å². The van der Waals surface area contributed by atoms with Gasteiger partial charge in [-0.05, 0) is 48.7 Å². The minimum atomic E-state index is -1.06. The summed E-state index contributed by atoms with van der Waals surface area (Å²) in [6.45, 7) is 3.35. The van der Waals surface area contributed by atoms with Gasteiger partial charge in [0.05, 0.1) is 0 Å². The Balaban J connectivity index is 2.00. The van der Waals surface area contributed by atoms with Crippen molar-refractivity contribution in [3.8, 4) is 0 Å². The second kappa shape index (κ2) is 11.2. The fourth-order valence-corrected chi connectivity index (χ4v) is 3.61. The molecule has 2 aromatic carbocycles. The molecule has 0 unspecified atom stereocenters. The number of nitrogens with one attached hydrogen (secondary N) is 1. The molecule has 0 saturated carbocycles. The normalized spacial score (nSPS) is 11.7. The maximum atomic E-state index is 12.1. The Morgan fingerprint density at radius 2 is 1.46 bits per heavy atom. The number of nitrogens with zero attached hydrogens (tertiary/aromatic N) is 1. The Morgan fingerprint density at radius 3 is 1.93 bits per heavy atom. The van der Waals surface area contributed by atoms with Crippen molar-refractivity contribution in [3.63, 3.8) is 0 Å². The number of hydrogen-bond acceptors (Lipinski definition) is 3. The number of alkyl halides is 2. The number of halogens is 2. The van der Waals surface area contributed by atoms with Crippen molar-refractivity contribution in [3.05, 3.63) is 65.2 Å². The van der Waals surface area contributed by atoms with Crippen LogP contribution in [-0.4, -0.2) is 46.8 Å². The molecule has 150 valence electrons. The van der Waals surface area contributed by atoms with Crippen LogP contribution in [0.2, 0.25) is 0 Å². The number of carboxylic acids is 1. The minimum absolute atomic E-state index is 0.385. The van der Waals surface area contributed by atoms with Crippen molar-refractivity contribution in [2.75, 3.05) is 28.6 Å². The average molecular weight is 512 g/mol. The Bertz CT molecular complexity index is 773. The van der Waals surface area contributed by atoms with Gasteiger partial charge in [-0.3, -0.25) is 9.59 Å². The number of aliphatic carboxylic acids is 1. The third kappa shape index (κ3) is 6.63. The molecule has 2 aromatic rings. The topological polar surface area (TPSA) is 69.6 Å². The van der Waals surface area contributed by atoms with Gasteiger partial charge in [-0.2, -0.15) is 0 Å². The highest BCUT2D eigenvalue weighted by molar-refractivity contribution is 9.09. The van der Waals surface area contributed by atoms with E-state index in [1.54, 1.807) is 12.1 Å². The highest BCUT2D eigenvalue weighted by atomic mass is 79.9. The fraction of sp³-hybridized carbons (Fsp3) is 0.333. The standard InChI is InChI=1S/C21H24Br2N2O3/c1-15(21(27)28)24-20(26)18-6-2-16(3-7-18)14-17-4-8-19(9-5-17)25(12-10-22)13-11-23/h2-9,15H,10-14H2,1H3,(H,24,26)(H,27,28)/t15-/m0/s1. The highest BCUT2D eigenvalue weighted by Gasteiger charge is 2.15. The maximum absolute atomic E-state index is 12.1. The van der Waals surface area contributed by atoms with Crippen molar-refractivity contribution in [2.24, 2.45) is 0 Å². The van der Waals surface area contributed by atoms with E-state index in [0.29, 0.717) is 5.56 Å². The van der Waals surface area contributed by atoms with Crippen molar-refractivity contribution in [2.45, 2.75) is 19.4 Å². The van der Waals surface area contributed by atoms with Gasteiger partial charge in [-0.1, -0.05) is 56.1 Å². The van der Waals surface area contributed by atoms with Gasteiger partial charge in [0.1, 0.15) is 6.04 Å². The molecule has 2 rings (SSSR count). The molecular formula is C21H24Br2N2O3. The van der Waals surface area contributed by atoms with Crippen molar-refractivity contribution in [1.82, 2.24) is 5.32 Å². The van der Waals surface area contributed by atoms with E-state index in [2.05, 4.69) is 66.3 Å². The zero-order chi connectivity index (χ0) is 20.5. The van der Waals surface area contributed by atoms with E-state index in [-0.39, 0.29) is 5.91 Å². The number of carboxylic acid groups (broad SMARTS) is 1. The lowest BCUT2D eigenvalue weighted by atomic mass is 10.0. The number of benzene rings is 2. The van der Waals surface area contributed by atoms with Crippen LogP contribution in [0.3, 0.4) is 0 Å². The number of rotatable bonds is 10. The summed E-state index contributed by atoms with van der Waals surface area (Å²) in [5.41, 5.74) is 3.93. The first-order chi connectivity index (χ1) is 13.4. The van der Waals surface area contributed by atoms with E-state index in [1.165, 1.54) is 18.2 Å². The predicted octanol–water partition coefficient (Wildman–Crippen LogP) is 4.08. The van der Waals surface area contributed by atoms with Gasteiger partial charge in [0.15, 0.2) is 0 Å². The summed E-state index contributed by atoms with van der Waals surface area (Å²) < 4.78 is 0. The molecule has 1 amide bonds. The van der Waals surface area contributed by atoms with Crippen molar-refractivity contribution < 1.29 is 14.7 Å². The first-order valence-corrected chi connectivity index (χ1v) is 11.3. The summed E-state index contributed by atoms with van der Waals surface area (Å²) in [4.78, 5) is 25.2. The fourth-order valence-electron chi connectivity index (χ4n) is 2.75. The number of carbonyl (C=O) groups excluding carboxylic acids is 1. The van der Waals surface area contributed by atoms with Gasteiger partial charge in [-0.25, -0.2) is 0 Å². The molecule has 28 heavy (non-hydrogen) atoms. The third-order valence-corrected chi connectivity index (χ3v) is 5.06. The van der Waals surface area contributed by atoms with Crippen LogP contribution >= 0.6 is 31.9 Å². The molecule has 5 nitrogen and oxygen atoms in total. The minimum Gasteiger partial charge on any atom is -0.480 e. The van der Waals surface area contributed by atoms with Gasteiger partial charge in [0.25, 0.3) is 5.91 Å². The van der Waals surface area contributed by atoms with Crippen LogP contribution in [0.15, 0.2) is 48.5 Å². The number of carbonyl (C=O) groups is 2. The van der Waals surface area contributed by atoms with E-state index in [0.717, 1.165) is 35.7 Å². The Morgan fingerprint density at radius 1 is 0.964 bits per heavy atom.